The molecule has 1 aromatic carbocycles. The van der Waals surface area contributed by atoms with Crippen LogP contribution in [0.2, 0.25) is 0 Å². The van der Waals surface area contributed by atoms with Gasteiger partial charge in [-0.3, -0.25) is 4.79 Å². The highest BCUT2D eigenvalue weighted by Gasteiger charge is 2.22. The molecule has 0 heterocycles. The Kier molecular flexibility index (Phi) is 4.14. The molecule has 3 N–H and O–H groups in total. The smallest absolute Gasteiger partial charge is 0.327 e. The number of rotatable bonds is 3. The van der Waals surface area contributed by atoms with E-state index >= 15 is 0 Å². The van der Waals surface area contributed by atoms with Gasteiger partial charge in [0.1, 0.15) is 17.5 Å². The number of methoxy groups -OCH3 is 2. The van der Waals surface area contributed by atoms with Crippen LogP contribution in [0.4, 0.5) is 0 Å². The van der Waals surface area contributed by atoms with Gasteiger partial charge in [-0.1, -0.05) is 0 Å². The maximum Gasteiger partial charge on any atom is 0.327 e. The molecule has 0 saturated carbocycles. The molecule has 1 aromatic rings. The van der Waals surface area contributed by atoms with E-state index in [-0.39, 0.29) is 11.3 Å². The highest BCUT2D eigenvalue weighted by atomic mass is 79.9. The summed E-state index contributed by atoms with van der Waals surface area (Å²) in [5, 5.41) is 9.74. The fourth-order valence-electron chi connectivity index (χ4n) is 1.20. The number of esters is 1. The lowest BCUT2D eigenvalue weighted by atomic mass is 10.1. The van der Waals surface area contributed by atoms with Gasteiger partial charge in [-0.2, -0.15) is 0 Å². The summed E-state index contributed by atoms with van der Waals surface area (Å²) >= 11 is 3.14. The van der Waals surface area contributed by atoms with Crippen LogP contribution in [0.25, 0.3) is 0 Å². The van der Waals surface area contributed by atoms with Crippen molar-refractivity contribution in [2.45, 2.75) is 6.04 Å². The van der Waals surface area contributed by atoms with E-state index in [0.717, 1.165) is 0 Å². The minimum atomic E-state index is -1.05. The zero-order chi connectivity index (χ0) is 12.3. The predicted octanol–water partition coefficient (Wildman–Crippen LogP) is 1.34. The van der Waals surface area contributed by atoms with Crippen LogP contribution in [0.3, 0.4) is 0 Å². The summed E-state index contributed by atoms with van der Waals surface area (Å²) in [6.07, 6.45) is 0. The maximum atomic E-state index is 11.3. The fraction of sp³-hybridized carbons (Fsp3) is 0.300. The Bertz CT molecular complexity index is 408. The van der Waals surface area contributed by atoms with Gasteiger partial charge in [0.25, 0.3) is 0 Å². The average Bonchev–Trinajstić information content (AvgIpc) is 2.30. The molecule has 0 radical (unpaired) electrons. The Labute approximate surface area is 101 Å². The highest BCUT2D eigenvalue weighted by molar-refractivity contribution is 9.10. The van der Waals surface area contributed by atoms with Gasteiger partial charge in [0.15, 0.2) is 0 Å². The topological polar surface area (TPSA) is 81.8 Å². The molecule has 0 aliphatic rings. The number of carbonyl (C=O) groups is 1. The Morgan fingerprint density at radius 3 is 2.62 bits per heavy atom. The molecule has 0 aliphatic carbocycles. The number of phenolic OH excluding ortho intramolecular Hbond substituents is 1. The van der Waals surface area contributed by atoms with Crippen LogP contribution in [-0.4, -0.2) is 25.3 Å². The van der Waals surface area contributed by atoms with Crippen molar-refractivity contribution in [2.75, 3.05) is 14.2 Å². The lowest BCUT2D eigenvalue weighted by molar-refractivity contribution is -0.142. The predicted molar refractivity (Wildman–Crippen MR) is 61.3 cm³/mol. The Balaban J connectivity index is 3.21. The highest BCUT2D eigenvalue weighted by Crippen LogP contribution is 2.35. The molecular formula is C10H12BrNO4. The van der Waals surface area contributed by atoms with Crippen LogP contribution in [0, 0.1) is 0 Å². The van der Waals surface area contributed by atoms with E-state index < -0.39 is 12.0 Å². The quantitative estimate of drug-likeness (QED) is 0.821. The summed E-state index contributed by atoms with van der Waals surface area (Å²) in [6, 6.07) is 2.02. The number of nitrogens with two attached hydrogens (primary N) is 1. The monoisotopic (exact) mass is 289 g/mol. The molecule has 0 saturated heterocycles. The summed E-state index contributed by atoms with van der Waals surface area (Å²) in [5.74, 6) is -0.242. The number of halogens is 1. The third-order valence-corrected chi connectivity index (χ3v) is 2.70. The third kappa shape index (κ3) is 2.45. The van der Waals surface area contributed by atoms with Crippen molar-refractivity contribution in [1.29, 1.82) is 0 Å². The first-order valence-corrected chi connectivity index (χ1v) is 5.20. The summed E-state index contributed by atoms with van der Waals surface area (Å²) in [7, 11) is 2.71. The molecule has 16 heavy (non-hydrogen) atoms. The molecule has 88 valence electrons. The van der Waals surface area contributed by atoms with Crippen LogP contribution < -0.4 is 10.5 Å². The second kappa shape index (κ2) is 5.18. The molecule has 1 atom stereocenters. The number of hydrogen-bond donors (Lipinski definition) is 2. The molecule has 0 aromatic heterocycles. The van der Waals surface area contributed by atoms with Gasteiger partial charge < -0.3 is 20.3 Å². The second-order valence-corrected chi connectivity index (χ2v) is 3.90. The van der Waals surface area contributed by atoms with Crippen molar-refractivity contribution in [3.63, 3.8) is 0 Å². The molecule has 0 amide bonds. The van der Waals surface area contributed by atoms with E-state index in [1.165, 1.54) is 20.3 Å². The normalized spacial score (nSPS) is 12.0. The minimum Gasteiger partial charge on any atom is -0.506 e. The first kappa shape index (κ1) is 12.8. The van der Waals surface area contributed by atoms with E-state index in [4.69, 9.17) is 10.5 Å². The van der Waals surface area contributed by atoms with Crippen molar-refractivity contribution in [1.82, 2.24) is 0 Å². The van der Waals surface area contributed by atoms with Crippen LogP contribution in [0.15, 0.2) is 16.6 Å². The van der Waals surface area contributed by atoms with Crippen molar-refractivity contribution >= 4 is 21.9 Å². The maximum absolute atomic E-state index is 11.3. The van der Waals surface area contributed by atoms with Gasteiger partial charge in [-0.05, 0) is 28.1 Å². The summed E-state index contributed by atoms with van der Waals surface area (Å²) in [5.41, 5.74) is 5.88. The van der Waals surface area contributed by atoms with Crippen molar-refractivity contribution < 1.29 is 19.4 Å². The number of ether oxygens (including phenoxy) is 2. The summed E-state index contributed by atoms with van der Waals surface area (Å²) in [6.45, 7) is 0. The number of hydrogen-bond acceptors (Lipinski definition) is 5. The van der Waals surface area contributed by atoms with E-state index in [9.17, 15) is 9.90 Å². The molecule has 0 aliphatic heterocycles. The standard InChI is InChI=1S/C10H12BrNO4/c1-15-5-3-6(8(12)10(14)16-2)9(13)7(11)4-5/h3-4,8,13H,12H2,1-2H3/t8-/m1/s1. The first-order chi connectivity index (χ1) is 7.51. The van der Waals surface area contributed by atoms with Crippen LogP contribution in [0.1, 0.15) is 11.6 Å². The Morgan fingerprint density at radius 1 is 1.50 bits per heavy atom. The number of aromatic hydroxyl groups is 1. The zero-order valence-electron chi connectivity index (χ0n) is 8.86. The fourth-order valence-corrected chi connectivity index (χ4v) is 1.66. The van der Waals surface area contributed by atoms with E-state index in [1.807, 2.05) is 0 Å². The van der Waals surface area contributed by atoms with Crippen molar-refractivity contribution in [3.05, 3.63) is 22.2 Å². The molecule has 5 nitrogen and oxygen atoms in total. The number of phenols is 1. The first-order valence-electron chi connectivity index (χ1n) is 4.41. The van der Waals surface area contributed by atoms with E-state index in [1.54, 1.807) is 6.07 Å². The van der Waals surface area contributed by atoms with Gasteiger partial charge in [0.2, 0.25) is 0 Å². The second-order valence-electron chi connectivity index (χ2n) is 3.05. The van der Waals surface area contributed by atoms with Gasteiger partial charge in [-0.25, -0.2) is 0 Å². The SMILES string of the molecule is COC(=O)[C@H](N)c1cc(OC)cc(Br)c1O. The van der Waals surface area contributed by atoms with Gasteiger partial charge in [0.05, 0.1) is 18.7 Å². The van der Waals surface area contributed by atoms with Gasteiger partial charge in [0, 0.05) is 5.56 Å². The van der Waals surface area contributed by atoms with Crippen LogP contribution in [0.5, 0.6) is 11.5 Å². The Morgan fingerprint density at radius 2 is 2.12 bits per heavy atom. The number of carbonyl (C=O) groups excluding carboxylic acids is 1. The average molecular weight is 290 g/mol. The van der Waals surface area contributed by atoms with E-state index in [2.05, 4.69) is 20.7 Å². The molecule has 6 heteroatoms. The summed E-state index contributed by atoms with van der Waals surface area (Å²) in [4.78, 5) is 11.3. The molecule has 0 spiro atoms. The third-order valence-electron chi connectivity index (χ3n) is 2.09. The van der Waals surface area contributed by atoms with Crippen molar-refractivity contribution in [3.8, 4) is 11.5 Å². The summed E-state index contributed by atoms with van der Waals surface area (Å²) < 4.78 is 9.91. The molecule has 0 unspecified atom stereocenters. The largest absolute Gasteiger partial charge is 0.506 e. The van der Waals surface area contributed by atoms with Crippen molar-refractivity contribution in [2.24, 2.45) is 5.73 Å². The molecule has 1 rings (SSSR count). The lowest BCUT2D eigenvalue weighted by Crippen LogP contribution is -2.22. The van der Waals surface area contributed by atoms with E-state index in [0.29, 0.717) is 10.2 Å². The minimum absolute atomic E-state index is 0.0984. The van der Waals surface area contributed by atoms with Gasteiger partial charge >= 0.3 is 5.97 Å². The number of benzene rings is 1. The van der Waals surface area contributed by atoms with Gasteiger partial charge in [-0.15, -0.1) is 0 Å². The van der Waals surface area contributed by atoms with Crippen LogP contribution in [-0.2, 0) is 9.53 Å². The van der Waals surface area contributed by atoms with Crippen LogP contribution >= 0.6 is 15.9 Å². The molecular weight excluding hydrogens is 278 g/mol. The molecule has 0 bridgehead atoms. The lowest BCUT2D eigenvalue weighted by Gasteiger charge is -2.13. The Hall–Kier alpha value is -1.27. The zero-order valence-corrected chi connectivity index (χ0v) is 10.4. The molecule has 0 fully saturated rings.